The number of alkyl halides is 1. The van der Waals surface area contributed by atoms with Crippen molar-refractivity contribution in [2.24, 2.45) is 0 Å². The van der Waals surface area contributed by atoms with Crippen molar-refractivity contribution in [3.05, 3.63) is 12.7 Å². The second-order valence-corrected chi connectivity index (χ2v) is 3.63. The second-order valence-electron chi connectivity index (χ2n) is 3.63. The molecule has 0 aromatic heterocycles. The highest BCUT2D eigenvalue weighted by molar-refractivity contribution is 5.68. The molecule has 0 aliphatic rings. The third-order valence-corrected chi connectivity index (χ3v) is 2.34. The van der Waals surface area contributed by atoms with Gasteiger partial charge in [0.2, 0.25) is 0 Å². The normalized spacial score (nSPS) is 12.1. The first-order valence-corrected chi connectivity index (χ1v) is 5.54. The molecule has 0 rings (SSSR count). The van der Waals surface area contributed by atoms with Crippen molar-refractivity contribution in [2.45, 2.75) is 51.1 Å². The molecule has 0 N–H and O–H groups in total. The van der Waals surface area contributed by atoms with Gasteiger partial charge in [-0.3, -0.25) is 4.79 Å². The van der Waals surface area contributed by atoms with E-state index in [2.05, 4.69) is 11.3 Å². The van der Waals surface area contributed by atoms with Crippen LogP contribution in [0.4, 0.5) is 4.39 Å². The standard InChI is InChI=1S/C12H21FO2/c1-3-11(13)9-7-5-4-6-8-10-12(14)15-2/h3,11H,1,4-10H2,2H3. The Balaban J connectivity index is 3.11. The van der Waals surface area contributed by atoms with Crippen molar-refractivity contribution >= 4 is 5.97 Å². The number of unbranched alkanes of at least 4 members (excludes halogenated alkanes) is 4. The van der Waals surface area contributed by atoms with Gasteiger partial charge in [-0.05, 0) is 12.8 Å². The van der Waals surface area contributed by atoms with Crippen LogP contribution in [0, 0.1) is 0 Å². The van der Waals surface area contributed by atoms with E-state index >= 15 is 0 Å². The van der Waals surface area contributed by atoms with Crippen molar-refractivity contribution in [3.8, 4) is 0 Å². The third-order valence-electron chi connectivity index (χ3n) is 2.34. The fraction of sp³-hybridized carbons (Fsp3) is 0.750. The minimum Gasteiger partial charge on any atom is -0.469 e. The van der Waals surface area contributed by atoms with E-state index in [4.69, 9.17) is 0 Å². The predicted molar refractivity (Wildman–Crippen MR) is 59.4 cm³/mol. The van der Waals surface area contributed by atoms with Crippen molar-refractivity contribution in [1.82, 2.24) is 0 Å². The zero-order chi connectivity index (χ0) is 11.5. The summed E-state index contributed by atoms with van der Waals surface area (Å²) in [4.78, 5) is 10.7. The van der Waals surface area contributed by atoms with Crippen LogP contribution in [0.1, 0.15) is 44.9 Å². The first-order valence-electron chi connectivity index (χ1n) is 5.54. The number of methoxy groups -OCH3 is 1. The molecule has 0 bridgehead atoms. The Morgan fingerprint density at radius 1 is 1.33 bits per heavy atom. The Bertz CT molecular complexity index is 180. The van der Waals surface area contributed by atoms with Crippen LogP contribution in [0.15, 0.2) is 12.7 Å². The lowest BCUT2D eigenvalue weighted by atomic mass is 10.1. The van der Waals surface area contributed by atoms with Gasteiger partial charge in [0.05, 0.1) is 7.11 Å². The Morgan fingerprint density at radius 3 is 2.53 bits per heavy atom. The Hall–Kier alpha value is -0.860. The average molecular weight is 216 g/mol. The number of rotatable bonds is 9. The van der Waals surface area contributed by atoms with E-state index in [1.54, 1.807) is 0 Å². The molecule has 0 aliphatic heterocycles. The van der Waals surface area contributed by atoms with E-state index in [9.17, 15) is 9.18 Å². The van der Waals surface area contributed by atoms with Crippen LogP contribution in [0.3, 0.4) is 0 Å². The molecule has 88 valence electrons. The van der Waals surface area contributed by atoms with Gasteiger partial charge in [0.25, 0.3) is 0 Å². The molecule has 0 saturated heterocycles. The molecule has 0 spiro atoms. The van der Waals surface area contributed by atoms with Gasteiger partial charge in [-0.1, -0.05) is 31.8 Å². The van der Waals surface area contributed by atoms with Crippen molar-refractivity contribution in [1.29, 1.82) is 0 Å². The number of hydrogen-bond donors (Lipinski definition) is 0. The quantitative estimate of drug-likeness (QED) is 0.335. The van der Waals surface area contributed by atoms with E-state index < -0.39 is 6.17 Å². The first-order chi connectivity index (χ1) is 7.20. The summed E-state index contributed by atoms with van der Waals surface area (Å²) in [6, 6.07) is 0. The van der Waals surface area contributed by atoms with E-state index in [-0.39, 0.29) is 5.97 Å². The Kier molecular flexibility index (Phi) is 9.13. The van der Waals surface area contributed by atoms with Crippen LogP contribution >= 0.6 is 0 Å². The van der Waals surface area contributed by atoms with Gasteiger partial charge in [0.15, 0.2) is 0 Å². The molecule has 0 saturated carbocycles. The molecule has 15 heavy (non-hydrogen) atoms. The highest BCUT2D eigenvalue weighted by Crippen LogP contribution is 2.10. The minimum atomic E-state index is -0.861. The van der Waals surface area contributed by atoms with Crippen LogP contribution in [0.2, 0.25) is 0 Å². The van der Waals surface area contributed by atoms with Crippen molar-refractivity contribution in [3.63, 3.8) is 0 Å². The van der Waals surface area contributed by atoms with Gasteiger partial charge in [-0.2, -0.15) is 0 Å². The Labute approximate surface area is 91.5 Å². The molecule has 0 aromatic carbocycles. The van der Waals surface area contributed by atoms with Gasteiger partial charge >= 0.3 is 5.97 Å². The number of carbonyl (C=O) groups excluding carboxylic acids is 1. The van der Waals surface area contributed by atoms with E-state index in [0.29, 0.717) is 12.8 Å². The molecular weight excluding hydrogens is 195 g/mol. The fourth-order valence-corrected chi connectivity index (χ4v) is 1.36. The maximum absolute atomic E-state index is 12.7. The summed E-state index contributed by atoms with van der Waals surface area (Å²) < 4.78 is 17.2. The number of halogens is 1. The average Bonchev–Trinajstić information content (AvgIpc) is 2.26. The lowest BCUT2D eigenvalue weighted by Crippen LogP contribution is -1.99. The van der Waals surface area contributed by atoms with Crippen LogP contribution in [-0.4, -0.2) is 19.3 Å². The summed E-state index contributed by atoms with van der Waals surface area (Å²) >= 11 is 0. The molecule has 0 heterocycles. The molecule has 0 aromatic rings. The van der Waals surface area contributed by atoms with Gasteiger partial charge in [-0.15, -0.1) is 6.58 Å². The number of carbonyl (C=O) groups is 1. The Morgan fingerprint density at radius 2 is 1.93 bits per heavy atom. The summed E-state index contributed by atoms with van der Waals surface area (Å²) in [6.07, 6.45) is 6.40. The first kappa shape index (κ1) is 14.1. The molecule has 0 radical (unpaired) electrons. The van der Waals surface area contributed by atoms with Crippen LogP contribution in [-0.2, 0) is 9.53 Å². The van der Waals surface area contributed by atoms with Crippen LogP contribution in [0.25, 0.3) is 0 Å². The third kappa shape index (κ3) is 9.44. The maximum atomic E-state index is 12.7. The maximum Gasteiger partial charge on any atom is 0.305 e. The molecular formula is C12H21FO2. The number of allylic oxidation sites excluding steroid dienone is 1. The molecule has 0 amide bonds. The highest BCUT2D eigenvalue weighted by atomic mass is 19.1. The van der Waals surface area contributed by atoms with Crippen molar-refractivity contribution < 1.29 is 13.9 Å². The molecule has 0 fully saturated rings. The predicted octanol–water partition coefficient (Wildman–Crippen LogP) is 3.41. The number of esters is 1. The zero-order valence-corrected chi connectivity index (χ0v) is 9.51. The van der Waals surface area contributed by atoms with E-state index in [1.807, 2.05) is 0 Å². The lowest BCUT2D eigenvalue weighted by molar-refractivity contribution is -0.140. The zero-order valence-electron chi connectivity index (χ0n) is 9.51. The SMILES string of the molecule is C=CC(F)CCCCCCCC(=O)OC. The lowest BCUT2D eigenvalue weighted by Gasteiger charge is -2.02. The second kappa shape index (κ2) is 9.69. The summed E-state index contributed by atoms with van der Waals surface area (Å²) in [5.41, 5.74) is 0. The van der Waals surface area contributed by atoms with Crippen LogP contribution < -0.4 is 0 Å². The monoisotopic (exact) mass is 216 g/mol. The van der Waals surface area contributed by atoms with Crippen LogP contribution in [0.5, 0.6) is 0 Å². The fourth-order valence-electron chi connectivity index (χ4n) is 1.36. The smallest absolute Gasteiger partial charge is 0.305 e. The largest absolute Gasteiger partial charge is 0.469 e. The summed E-state index contributed by atoms with van der Waals surface area (Å²) in [7, 11) is 1.40. The molecule has 0 aliphatic carbocycles. The molecule has 3 heteroatoms. The number of hydrogen-bond acceptors (Lipinski definition) is 2. The summed E-state index contributed by atoms with van der Waals surface area (Å²) in [5.74, 6) is -0.148. The summed E-state index contributed by atoms with van der Waals surface area (Å²) in [6.45, 7) is 3.39. The van der Waals surface area contributed by atoms with Gasteiger partial charge in [0.1, 0.15) is 6.17 Å². The van der Waals surface area contributed by atoms with Gasteiger partial charge in [-0.25, -0.2) is 4.39 Å². The van der Waals surface area contributed by atoms with E-state index in [0.717, 1.165) is 32.1 Å². The van der Waals surface area contributed by atoms with Crippen molar-refractivity contribution in [2.75, 3.05) is 7.11 Å². The molecule has 2 nitrogen and oxygen atoms in total. The summed E-state index contributed by atoms with van der Waals surface area (Å²) in [5, 5.41) is 0. The number of ether oxygens (including phenoxy) is 1. The minimum absolute atomic E-state index is 0.148. The molecule has 1 unspecified atom stereocenters. The van der Waals surface area contributed by atoms with Gasteiger partial charge in [0, 0.05) is 6.42 Å². The topological polar surface area (TPSA) is 26.3 Å². The van der Waals surface area contributed by atoms with Gasteiger partial charge < -0.3 is 4.74 Å². The van der Waals surface area contributed by atoms with E-state index in [1.165, 1.54) is 13.2 Å². The molecule has 1 atom stereocenters. The highest BCUT2D eigenvalue weighted by Gasteiger charge is 2.01.